The van der Waals surface area contributed by atoms with Crippen LogP contribution in [-0.2, 0) is 20.9 Å². The molecule has 2 atom stereocenters. The summed E-state index contributed by atoms with van der Waals surface area (Å²) in [5, 5.41) is 3.05. The third-order valence-corrected chi connectivity index (χ3v) is 5.08. The number of hydrogen-bond donors (Lipinski definition) is 0. The van der Waals surface area contributed by atoms with E-state index in [9.17, 15) is 18.8 Å². The number of carbonyl (C=O) groups is 3. The quantitative estimate of drug-likeness (QED) is 0.721. The fraction of sp³-hybridized carbons (Fsp3) is 0.526. The number of carbonyl (C=O) groups excluding carboxylic acids is 3. The van der Waals surface area contributed by atoms with Crippen LogP contribution in [0.3, 0.4) is 0 Å². The van der Waals surface area contributed by atoms with E-state index in [2.05, 4.69) is 0 Å². The van der Waals surface area contributed by atoms with Crippen molar-refractivity contribution in [1.82, 2.24) is 19.8 Å². The molecule has 1 aromatic carbocycles. The maximum Gasteiger partial charge on any atom is 0.245 e. The summed E-state index contributed by atoms with van der Waals surface area (Å²) in [5.74, 6) is -0.407. The zero-order valence-corrected chi connectivity index (χ0v) is 15.8. The summed E-state index contributed by atoms with van der Waals surface area (Å²) in [6, 6.07) is 5.39. The third-order valence-electron chi connectivity index (χ3n) is 5.08. The van der Waals surface area contributed by atoms with Gasteiger partial charge in [0.25, 0.3) is 0 Å². The van der Waals surface area contributed by atoms with Gasteiger partial charge in [-0.05, 0) is 30.0 Å². The van der Waals surface area contributed by atoms with E-state index in [1.165, 1.54) is 17.1 Å². The first-order chi connectivity index (χ1) is 12.8. The van der Waals surface area contributed by atoms with Crippen LogP contribution in [-0.4, -0.2) is 70.4 Å². The van der Waals surface area contributed by atoms with Gasteiger partial charge in [0.1, 0.15) is 18.0 Å². The topological polar surface area (TPSA) is 64.2 Å². The van der Waals surface area contributed by atoms with Crippen molar-refractivity contribution in [2.24, 2.45) is 5.92 Å². The van der Waals surface area contributed by atoms with E-state index in [-0.39, 0.29) is 36.6 Å². The molecule has 3 amide bonds. The first-order valence-electron chi connectivity index (χ1n) is 9.11. The van der Waals surface area contributed by atoms with Crippen molar-refractivity contribution in [3.8, 4) is 0 Å². The summed E-state index contributed by atoms with van der Waals surface area (Å²) >= 11 is 0. The number of likely N-dealkylation sites (N-methyl/N-ethyl adjacent to an activating group) is 1. The molecule has 8 heteroatoms. The molecule has 1 unspecified atom stereocenters. The molecule has 0 N–H and O–H groups in total. The Bertz CT molecular complexity index is 724. The van der Waals surface area contributed by atoms with Crippen molar-refractivity contribution in [3.63, 3.8) is 0 Å². The van der Waals surface area contributed by atoms with E-state index in [1.54, 1.807) is 34.0 Å². The first-order valence-corrected chi connectivity index (χ1v) is 9.11. The van der Waals surface area contributed by atoms with E-state index in [4.69, 9.17) is 0 Å². The maximum atomic E-state index is 13.2. The molecule has 0 aliphatic carbocycles. The Morgan fingerprint density at radius 1 is 1.22 bits per heavy atom. The maximum absolute atomic E-state index is 13.2. The average Bonchev–Trinajstić information content (AvgIpc) is 2.60. The van der Waals surface area contributed by atoms with Crippen molar-refractivity contribution in [2.45, 2.75) is 39.0 Å². The van der Waals surface area contributed by atoms with Gasteiger partial charge in [0.05, 0.1) is 13.1 Å². The van der Waals surface area contributed by atoms with E-state index in [0.717, 1.165) is 5.56 Å². The monoisotopic (exact) mass is 376 g/mol. The second-order valence-corrected chi connectivity index (χ2v) is 7.57. The van der Waals surface area contributed by atoms with E-state index in [1.807, 2.05) is 13.8 Å². The lowest BCUT2D eigenvalue weighted by Crippen LogP contribution is -2.74. The van der Waals surface area contributed by atoms with Gasteiger partial charge >= 0.3 is 0 Å². The van der Waals surface area contributed by atoms with Crippen LogP contribution in [0.2, 0.25) is 0 Å². The fourth-order valence-corrected chi connectivity index (χ4v) is 3.81. The Hall–Kier alpha value is -2.48. The van der Waals surface area contributed by atoms with Crippen LogP contribution >= 0.6 is 0 Å². The Labute approximate surface area is 158 Å². The molecular weight excluding hydrogens is 351 g/mol. The van der Waals surface area contributed by atoms with E-state index >= 15 is 0 Å². The molecule has 2 heterocycles. The van der Waals surface area contributed by atoms with Crippen LogP contribution < -0.4 is 0 Å². The van der Waals surface area contributed by atoms with Crippen molar-refractivity contribution in [3.05, 3.63) is 35.6 Å². The van der Waals surface area contributed by atoms with Crippen LogP contribution in [0, 0.1) is 11.7 Å². The van der Waals surface area contributed by atoms with Crippen molar-refractivity contribution in [1.29, 1.82) is 0 Å². The molecule has 2 saturated heterocycles. The molecule has 0 bridgehead atoms. The molecule has 2 fully saturated rings. The Morgan fingerprint density at radius 3 is 2.48 bits per heavy atom. The van der Waals surface area contributed by atoms with Crippen LogP contribution in [0.4, 0.5) is 4.39 Å². The highest BCUT2D eigenvalue weighted by Gasteiger charge is 2.48. The van der Waals surface area contributed by atoms with Crippen LogP contribution in [0.1, 0.15) is 25.8 Å². The predicted octanol–water partition coefficient (Wildman–Crippen LogP) is 1.06. The van der Waals surface area contributed by atoms with Crippen molar-refractivity contribution in [2.75, 3.05) is 20.1 Å². The SMILES string of the molecule is CC(C)C[C@H]1C(=O)N(Cc2ccc(F)cc2)CC2N1C(=O)CN(C)N2C=O. The number of hydrogen-bond acceptors (Lipinski definition) is 4. The lowest BCUT2D eigenvalue weighted by molar-refractivity contribution is -0.197. The highest BCUT2D eigenvalue weighted by atomic mass is 19.1. The summed E-state index contributed by atoms with van der Waals surface area (Å²) in [7, 11) is 1.68. The van der Waals surface area contributed by atoms with Crippen molar-refractivity contribution < 1.29 is 18.8 Å². The Kier molecular flexibility index (Phi) is 5.46. The number of hydrazine groups is 1. The molecule has 0 spiro atoms. The average molecular weight is 376 g/mol. The number of rotatable bonds is 5. The first kappa shape index (κ1) is 19.3. The largest absolute Gasteiger partial charge is 0.333 e. The molecular formula is C19H25FN4O3. The van der Waals surface area contributed by atoms with Gasteiger partial charge < -0.3 is 9.80 Å². The highest BCUT2D eigenvalue weighted by molar-refractivity contribution is 5.90. The summed E-state index contributed by atoms with van der Waals surface area (Å²) < 4.78 is 13.2. The minimum Gasteiger partial charge on any atom is -0.333 e. The second kappa shape index (κ2) is 7.64. The van der Waals surface area contributed by atoms with Gasteiger partial charge in [-0.15, -0.1) is 0 Å². The molecule has 0 saturated carbocycles. The number of fused-ring (bicyclic) bond motifs is 1. The second-order valence-electron chi connectivity index (χ2n) is 7.57. The van der Waals surface area contributed by atoms with Crippen LogP contribution in [0.25, 0.3) is 0 Å². The highest BCUT2D eigenvalue weighted by Crippen LogP contribution is 2.28. The van der Waals surface area contributed by atoms with Gasteiger partial charge in [-0.25, -0.2) is 9.40 Å². The smallest absolute Gasteiger partial charge is 0.245 e. The van der Waals surface area contributed by atoms with E-state index in [0.29, 0.717) is 19.4 Å². The molecule has 7 nitrogen and oxygen atoms in total. The fourth-order valence-electron chi connectivity index (χ4n) is 3.81. The number of amides is 3. The Morgan fingerprint density at radius 2 is 1.89 bits per heavy atom. The summed E-state index contributed by atoms with van der Waals surface area (Å²) in [5.41, 5.74) is 0.801. The predicted molar refractivity (Wildman–Crippen MR) is 96.2 cm³/mol. The molecule has 0 aromatic heterocycles. The van der Waals surface area contributed by atoms with Gasteiger partial charge in [-0.3, -0.25) is 19.4 Å². The number of benzene rings is 1. The lowest BCUT2D eigenvalue weighted by Gasteiger charge is -2.54. The molecule has 27 heavy (non-hydrogen) atoms. The van der Waals surface area contributed by atoms with Crippen molar-refractivity contribution >= 4 is 18.2 Å². The van der Waals surface area contributed by atoms with E-state index < -0.39 is 12.2 Å². The number of halogens is 1. The zero-order valence-electron chi connectivity index (χ0n) is 15.8. The van der Waals surface area contributed by atoms with Gasteiger partial charge in [0, 0.05) is 13.6 Å². The summed E-state index contributed by atoms with van der Waals surface area (Å²) in [4.78, 5) is 40.7. The third kappa shape index (κ3) is 3.80. The summed E-state index contributed by atoms with van der Waals surface area (Å²) in [6.07, 6.45) is 0.690. The van der Waals surface area contributed by atoms with Crippen LogP contribution in [0.5, 0.6) is 0 Å². The molecule has 2 aliphatic heterocycles. The molecule has 146 valence electrons. The van der Waals surface area contributed by atoms with Crippen LogP contribution in [0.15, 0.2) is 24.3 Å². The standard InChI is InChI=1S/C19H25FN4O3/c1-13(2)8-16-19(27)22(9-14-4-6-15(20)7-5-14)10-17-23(12-25)21(3)11-18(26)24(16)17/h4-7,12-13,16-17H,8-11H2,1-3H3/t16-,17?/m0/s1. The van der Waals surface area contributed by atoms with Gasteiger partial charge in [0.2, 0.25) is 18.2 Å². The summed E-state index contributed by atoms with van der Waals surface area (Å²) in [6.45, 7) is 4.59. The molecule has 0 radical (unpaired) electrons. The number of piperazine rings is 1. The van der Waals surface area contributed by atoms with Gasteiger partial charge in [-0.1, -0.05) is 26.0 Å². The normalized spacial score (nSPS) is 23.8. The lowest BCUT2D eigenvalue weighted by atomic mass is 9.97. The van der Waals surface area contributed by atoms with Gasteiger partial charge in [0.15, 0.2) is 0 Å². The molecule has 1 aromatic rings. The zero-order chi connectivity index (χ0) is 19.7. The molecule has 2 aliphatic rings. The minimum atomic E-state index is -0.604. The molecule has 3 rings (SSSR count). The van der Waals surface area contributed by atoms with Gasteiger partial charge in [-0.2, -0.15) is 0 Å². The Balaban J connectivity index is 1.91. The number of nitrogens with zero attached hydrogens (tertiary/aromatic N) is 4. The minimum absolute atomic E-state index is 0.0646.